The second kappa shape index (κ2) is 10.2. The quantitative estimate of drug-likeness (QED) is 0.541. The number of halogens is 1. The minimum Gasteiger partial charge on any atom is -0.493 e. The number of benzene rings is 2. The first kappa shape index (κ1) is 23.1. The van der Waals surface area contributed by atoms with Crippen LogP contribution in [0.3, 0.4) is 0 Å². The molecule has 1 fully saturated rings. The van der Waals surface area contributed by atoms with Gasteiger partial charge in [0.05, 0.1) is 26.7 Å². The number of amides is 1. The third-order valence-corrected chi connectivity index (χ3v) is 6.03. The number of anilines is 1. The van der Waals surface area contributed by atoms with Gasteiger partial charge in [-0.1, -0.05) is 16.8 Å². The lowest BCUT2D eigenvalue weighted by atomic mass is 9.97. The van der Waals surface area contributed by atoms with E-state index < -0.39 is 0 Å². The summed E-state index contributed by atoms with van der Waals surface area (Å²) in [5, 5.41) is 7.80. The Balaban J connectivity index is 1.39. The number of hydrogen-bond acceptors (Lipinski definition) is 7. The molecule has 2 aromatic carbocycles. The molecule has 174 valence electrons. The standard InChI is InChI=1S/C24H27ClN4O4/c1-15-11-18(25)7-8-19(15)26-24(30)17-5-4-10-29(13-17)14-22-27-23(28-33-22)16-6-9-20(31-2)21(12-16)32-3/h6-9,11-12,17H,4-5,10,13-14H2,1-3H3,(H,26,30)/t17-/m0/s1. The molecule has 1 amide bonds. The summed E-state index contributed by atoms with van der Waals surface area (Å²) in [6.07, 6.45) is 1.77. The summed E-state index contributed by atoms with van der Waals surface area (Å²) < 4.78 is 16.1. The molecule has 1 aromatic heterocycles. The van der Waals surface area contributed by atoms with Crippen LogP contribution in [0.4, 0.5) is 5.69 Å². The van der Waals surface area contributed by atoms with E-state index in [-0.39, 0.29) is 11.8 Å². The third kappa shape index (κ3) is 5.46. The molecule has 8 nitrogen and oxygen atoms in total. The molecule has 1 saturated heterocycles. The van der Waals surface area contributed by atoms with E-state index in [2.05, 4.69) is 20.4 Å². The SMILES string of the molecule is COc1ccc(-c2noc(CN3CCC[C@H](C(=O)Nc4ccc(Cl)cc4C)C3)n2)cc1OC. The molecular weight excluding hydrogens is 444 g/mol. The minimum absolute atomic E-state index is 0.0154. The van der Waals surface area contributed by atoms with Crippen molar-refractivity contribution in [1.29, 1.82) is 0 Å². The Kier molecular flexibility index (Phi) is 7.15. The first-order chi connectivity index (χ1) is 16.0. The molecule has 0 saturated carbocycles. The van der Waals surface area contributed by atoms with Gasteiger partial charge in [-0.2, -0.15) is 4.98 Å². The number of nitrogens with zero attached hydrogens (tertiary/aromatic N) is 3. The first-order valence-corrected chi connectivity index (χ1v) is 11.2. The zero-order valence-corrected chi connectivity index (χ0v) is 19.7. The molecular formula is C24H27ClN4O4. The molecule has 33 heavy (non-hydrogen) atoms. The topological polar surface area (TPSA) is 89.7 Å². The van der Waals surface area contributed by atoms with Crippen LogP contribution < -0.4 is 14.8 Å². The Morgan fingerprint density at radius 3 is 2.79 bits per heavy atom. The molecule has 9 heteroatoms. The molecule has 0 bridgehead atoms. The number of methoxy groups -OCH3 is 2. The van der Waals surface area contributed by atoms with E-state index in [1.807, 2.05) is 31.2 Å². The normalized spacial score (nSPS) is 16.4. The number of aromatic nitrogens is 2. The first-order valence-electron chi connectivity index (χ1n) is 10.8. The highest BCUT2D eigenvalue weighted by molar-refractivity contribution is 6.30. The number of rotatable bonds is 7. The number of nitrogens with one attached hydrogen (secondary N) is 1. The van der Waals surface area contributed by atoms with E-state index in [1.165, 1.54) is 0 Å². The van der Waals surface area contributed by atoms with Crippen molar-refractivity contribution in [2.24, 2.45) is 5.92 Å². The Labute approximate surface area is 197 Å². The molecule has 3 aromatic rings. The van der Waals surface area contributed by atoms with Crippen LogP contribution >= 0.6 is 11.6 Å². The van der Waals surface area contributed by atoms with Gasteiger partial charge in [-0.15, -0.1) is 0 Å². The van der Waals surface area contributed by atoms with Crippen LogP contribution in [0.2, 0.25) is 5.02 Å². The summed E-state index contributed by atoms with van der Waals surface area (Å²) in [5.41, 5.74) is 2.51. The second-order valence-corrected chi connectivity index (χ2v) is 8.54. The summed E-state index contributed by atoms with van der Waals surface area (Å²) >= 11 is 6.02. The third-order valence-electron chi connectivity index (χ3n) is 5.79. The van der Waals surface area contributed by atoms with E-state index in [4.69, 9.17) is 25.6 Å². The van der Waals surface area contributed by atoms with Crippen molar-refractivity contribution in [2.75, 3.05) is 32.6 Å². The van der Waals surface area contributed by atoms with Gasteiger partial charge in [0.25, 0.3) is 0 Å². The predicted molar refractivity (Wildman–Crippen MR) is 126 cm³/mol. The number of ether oxygens (including phenoxy) is 2. The van der Waals surface area contributed by atoms with Gasteiger partial charge in [-0.25, -0.2) is 0 Å². The molecule has 1 aliphatic heterocycles. The van der Waals surface area contributed by atoms with E-state index in [0.29, 0.717) is 41.3 Å². The maximum Gasteiger partial charge on any atom is 0.241 e. The van der Waals surface area contributed by atoms with E-state index in [9.17, 15) is 4.79 Å². The molecule has 1 atom stereocenters. The van der Waals surface area contributed by atoms with Gasteiger partial charge in [0, 0.05) is 22.8 Å². The highest BCUT2D eigenvalue weighted by Crippen LogP contribution is 2.31. The van der Waals surface area contributed by atoms with E-state index >= 15 is 0 Å². The zero-order valence-electron chi connectivity index (χ0n) is 18.9. The minimum atomic E-state index is -0.109. The van der Waals surface area contributed by atoms with Gasteiger partial charge in [0.2, 0.25) is 17.6 Å². The van der Waals surface area contributed by atoms with Crippen LogP contribution in [0.25, 0.3) is 11.4 Å². The van der Waals surface area contributed by atoms with Crippen molar-refractivity contribution in [3.05, 3.63) is 52.9 Å². The van der Waals surface area contributed by atoms with Crippen molar-refractivity contribution in [3.8, 4) is 22.9 Å². The fourth-order valence-corrected chi connectivity index (χ4v) is 4.24. The van der Waals surface area contributed by atoms with Crippen LogP contribution in [-0.2, 0) is 11.3 Å². The highest BCUT2D eigenvalue weighted by atomic mass is 35.5. The lowest BCUT2D eigenvalue weighted by Crippen LogP contribution is -2.40. The largest absolute Gasteiger partial charge is 0.493 e. The summed E-state index contributed by atoms with van der Waals surface area (Å²) in [6, 6.07) is 10.9. The molecule has 4 rings (SSSR count). The fraction of sp³-hybridized carbons (Fsp3) is 0.375. The summed E-state index contributed by atoms with van der Waals surface area (Å²) in [7, 11) is 3.17. The zero-order chi connectivity index (χ0) is 23.4. The fourth-order valence-electron chi connectivity index (χ4n) is 4.02. The number of piperidine rings is 1. The van der Waals surface area contributed by atoms with E-state index in [0.717, 1.165) is 36.2 Å². The molecule has 1 N–H and O–H groups in total. The molecule has 2 heterocycles. The van der Waals surface area contributed by atoms with Crippen molar-refractivity contribution in [1.82, 2.24) is 15.0 Å². The number of aryl methyl sites for hydroxylation is 1. The van der Waals surface area contributed by atoms with E-state index in [1.54, 1.807) is 26.4 Å². The molecule has 0 aliphatic carbocycles. The molecule has 0 spiro atoms. The molecule has 0 radical (unpaired) electrons. The molecule has 1 aliphatic rings. The van der Waals surface area contributed by atoms with Crippen molar-refractivity contribution in [3.63, 3.8) is 0 Å². The predicted octanol–water partition coefficient (Wildman–Crippen LogP) is 4.57. The van der Waals surface area contributed by atoms with Crippen molar-refractivity contribution >= 4 is 23.2 Å². The van der Waals surface area contributed by atoms with Crippen LogP contribution in [0.1, 0.15) is 24.3 Å². The number of carbonyl (C=O) groups excluding carboxylic acids is 1. The van der Waals surface area contributed by atoms with Crippen LogP contribution in [0.5, 0.6) is 11.5 Å². The van der Waals surface area contributed by atoms with Gasteiger partial charge in [0.1, 0.15) is 0 Å². The highest BCUT2D eigenvalue weighted by Gasteiger charge is 2.27. The van der Waals surface area contributed by atoms with Gasteiger partial charge >= 0.3 is 0 Å². The number of hydrogen-bond donors (Lipinski definition) is 1. The summed E-state index contributed by atoms with van der Waals surface area (Å²) in [5.74, 6) is 2.13. The van der Waals surface area contributed by atoms with Gasteiger partial charge in [-0.3, -0.25) is 9.69 Å². The monoisotopic (exact) mass is 470 g/mol. The van der Waals surface area contributed by atoms with Crippen LogP contribution in [0, 0.1) is 12.8 Å². The second-order valence-electron chi connectivity index (χ2n) is 8.10. The summed E-state index contributed by atoms with van der Waals surface area (Å²) in [6.45, 7) is 3.93. The smallest absolute Gasteiger partial charge is 0.241 e. The Morgan fingerprint density at radius 1 is 1.21 bits per heavy atom. The maximum absolute atomic E-state index is 12.9. The lowest BCUT2D eigenvalue weighted by Gasteiger charge is -2.31. The Morgan fingerprint density at radius 2 is 2.03 bits per heavy atom. The van der Waals surface area contributed by atoms with Gasteiger partial charge in [-0.05, 0) is 68.3 Å². The average molecular weight is 471 g/mol. The van der Waals surface area contributed by atoms with Crippen molar-refractivity contribution in [2.45, 2.75) is 26.3 Å². The van der Waals surface area contributed by atoms with Crippen molar-refractivity contribution < 1.29 is 18.8 Å². The Hall–Kier alpha value is -3.10. The number of likely N-dealkylation sites (tertiary alicyclic amines) is 1. The Bertz CT molecular complexity index is 1130. The van der Waals surface area contributed by atoms with Gasteiger partial charge < -0.3 is 19.3 Å². The summed E-state index contributed by atoms with van der Waals surface area (Å²) in [4.78, 5) is 19.6. The van der Waals surface area contributed by atoms with Crippen LogP contribution in [-0.4, -0.2) is 48.3 Å². The maximum atomic E-state index is 12.9. The number of carbonyl (C=O) groups is 1. The lowest BCUT2D eigenvalue weighted by molar-refractivity contribution is -0.121. The molecule has 0 unspecified atom stereocenters. The average Bonchev–Trinajstić information content (AvgIpc) is 3.29. The van der Waals surface area contributed by atoms with Gasteiger partial charge in [0.15, 0.2) is 11.5 Å². The van der Waals surface area contributed by atoms with Crippen LogP contribution in [0.15, 0.2) is 40.9 Å².